The van der Waals surface area contributed by atoms with Gasteiger partial charge in [0, 0.05) is 18.4 Å². The quantitative estimate of drug-likeness (QED) is 0.842. The fourth-order valence-electron chi connectivity index (χ4n) is 2.13. The minimum Gasteiger partial charge on any atom is -0.316 e. The Morgan fingerprint density at radius 1 is 1.24 bits per heavy atom. The molecule has 1 N–H and O–H groups in total. The number of hydrogen-bond acceptors (Lipinski definition) is 2. The van der Waals surface area contributed by atoms with Gasteiger partial charge in [-0.05, 0) is 48.9 Å². The molecule has 1 rings (SSSR count). The summed E-state index contributed by atoms with van der Waals surface area (Å²) in [7, 11) is 2.06. The highest BCUT2D eigenvalue weighted by Crippen LogP contribution is 2.27. The summed E-state index contributed by atoms with van der Waals surface area (Å²) >= 11 is 0. The van der Waals surface area contributed by atoms with Crippen LogP contribution in [0.5, 0.6) is 0 Å². The lowest BCUT2D eigenvalue weighted by atomic mass is 9.84. The molecule has 0 saturated carbocycles. The lowest BCUT2D eigenvalue weighted by Crippen LogP contribution is -2.31. The largest absolute Gasteiger partial charge is 0.316 e. The van der Waals surface area contributed by atoms with Crippen molar-refractivity contribution in [3.05, 3.63) is 30.1 Å². The van der Waals surface area contributed by atoms with E-state index in [-0.39, 0.29) is 0 Å². The molecule has 0 bridgehead atoms. The van der Waals surface area contributed by atoms with Crippen LogP contribution in [0.2, 0.25) is 0 Å². The van der Waals surface area contributed by atoms with Crippen molar-refractivity contribution < 1.29 is 0 Å². The van der Waals surface area contributed by atoms with E-state index < -0.39 is 0 Å². The smallest absolute Gasteiger partial charge is 0.0270 e. The SMILES string of the molecule is CNC(CCC(C)(C)C)C(C)c1ccncc1. The Hall–Kier alpha value is -0.890. The van der Waals surface area contributed by atoms with E-state index in [0.717, 1.165) is 0 Å². The minimum absolute atomic E-state index is 0.410. The summed E-state index contributed by atoms with van der Waals surface area (Å²) in [6, 6.07) is 4.77. The van der Waals surface area contributed by atoms with E-state index in [0.29, 0.717) is 17.4 Å². The third-order valence-electron chi connectivity index (χ3n) is 3.41. The minimum atomic E-state index is 0.410. The second kappa shape index (κ2) is 6.15. The molecule has 0 fully saturated rings. The second-order valence-electron chi connectivity index (χ2n) is 6.06. The molecule has 2 heteroatoms. The summed E-state index contributed by atoms with van der Waals surface area (Å²) in [5.74, 6) is 0.533. The van der Waals surface area contributed by atoms with Crippen molar-refractivity contribution in [2.75, 3.05) is 7.05 Å². The van der Waals surface area contributed by atoms with Crippen molar-refractivity contribution >= 4 is 0 Å². The summed E-state index contributed by atoms with van der Waals surface area (Å²) in [6.45, 7) is 9.20. The molecule has 96 valence electrons. The first-order chi connectivity index (χ1) is 7.94. The topological polar surface area (TPSA) is 24.9 Å². The van der Waals surface area contributed by atoms with Gasteiger partial charge in [-0.15, -0.1) is 0 Å². The third kappa shape index (κ3) is 4.86. The van der Waals surface area contributed by atoms with Crippen LogP contribution in [0.25, 0.3) is 0 Å². The Morgan fingerprint density at radius 3 is 2.29 bits per heavy atom. The summed E-state index contributed by atoms with van der Waals surface area (Å²) in [4.78, 5) is 4.08. The van der Waals surface area contributed by atoms with Gasteiger partial charge in [-0.25, -0.2) is 0 Å². The Balaban J connectivity index is 2.62. The molecule has 2 unspecified atom stereocenters. The molecular formula is C15H26N2. The van der Waals surface area contributed by atoms with Crippen LogP contribution >= 0.6 is 0 Å². The summed E-state index contributed by atoms with van der Waals surface area (Å²) in [5, 5.41) is 3.45. The molecule has 2 nitrogen and oxygen atoms in total. The maximum absolute atomic E-state index is 4.08. The molecule has 1 aromatic rings. The van der Waals surface area contributed by atoms with E-state index in [1.165, 1.54) is 18.4 Å². The first-order valence-corrected chi connectivity index (χ1v) is 6.51. The van der Waals surface area contributed by atoms with E-state index in [1.807, 2.05) is 12.4 Å². The van der Waals surface area contributed by atoms with Gasteiger partial charge in [0.2, 0.25) is 0 Å². The Morgan fingerprint density at radius 2 is 1.82 bits per heavy atom. The van der Waals surface area contributed by atoms with Crippen molar-refractivity contribution in [1.29, 1.82) is 0 Å². The fraction of sp³-hybridized carbons (Fsp3) is 0.667. The van der Waals surface area contributed by atoms with Gasteiger partial charge in [0.05, 0.1) is 0 Å². The molecule has 0 radical (unpaired) electrons. The van der Waals surface area contributed by atoms with Crippen molar-refractivity contribution in [2.45, 2.75) is 52.5 Å². The molecule has 1 aromatic heterocycles. The number of aromatic nitrogens is 1. The van der Waals surface area contributed by atoms with Crippen LogP contribution in [0, 0.1) is 5.41 Å². The van der Waals surface area contributed by atoms with Crippen molar-refractivity contribution in [1.82, 2.24) is 10.3 Å². The first-order valence-electron chi connectivity index (χ1n) is 6.51. The standard InChI is InChI=1S/C15H26N2/c1-12(13-7-10-17-11-8-13)14(16-5)6-9-15(2,3)4/h7-8,10-12,14,16H,6,9H2,1-5H3. The molecule has 0 aromatic carbocycles. The van der Waals surface area contributed by atoms with Crippen LogP contribution in [0.1, 0.15) is 52.0 Å². The predicted molar refractivity (Wildman–Crippen MR) is 74.2 cm³/mol. The average molecular weight is 234 g/mol. The lowest BCUT2D eigenvalue weighted by molar-refractivity contribution is 0.321. The Labute approximate surface area is 106 Å². The molecule has 0 amide bonds. The second-order valence-corrected chi connectivity index (χ2v) is 6.06. The summed E-state index contributed by atoms with van der Waals surface area (Å²) < 4.78 is 0. The zero-order valence-electron chi connectivity index (χ0n) is 11.8. The van der Waals surface area contributed by atoms with Crippen molar-refractivity contribution in [2.24, 2.45) is 5.41 Å². The van der Waals surface area contributed by atoms with Crippen LogP contribution in [0.4, 0.5) is 0 Å². The number of nitrogens with zero attached hydrogens (tertiary/aromatic N) is 1. The zero-order valence-corrected chi connectivity index (χ0v) is 11.8. The number of pyridine rings is 1. The van der Waals surface area contributed by atoms with E-state index in [1.54, 1.807) is 0 Å². The molecule has 17 heavy (non-hydrogen) atoms. The number of hydrogen-bond donors (Lipinski definition) is 1. The Bertz CT molecular complexity index is 313. The molecule has 2 atom stereocenters. The third-order valence-corrected chi connectivity index (χ3v) is 3.41. The van der Waals surface area contributed by atoms with E-state index in [9.17, 15) is 0 Å². The van der Waals surface area contributed by atoms with Crippen LogP contribution in [0.15, 0.2) is 24.5 Å². The van der Waals surface area contributed by atoms with Crippen LogP contribution in [0.3, 0.4) is 0 Å². The van der Waals surface area contributed by atoms with Gasteiger partial charge >= 0.3 is 0 Å². The molecule has 0 aliphatic heterocycles. The Kier molecular flexibility index (Phi) is 5.13. The molecule has 1 heterocycles. The lowest BCUT2D eigenvalue weighted by Gasteiger charge is -2.27. The number of nitrogens with one attached hydrogen (secondary N) is 1. The molecule has 0 saturated heterocycles. The van der Waals surface area contributed by atoms with Crippen LogP contribution < -0.4 is 5.32 Å². The van der Waals surface area contributed by atoms with Gasteiger partial charge < -0.3 is 5.32 Å². The van der Waals surface area contributed by atoms with Gasteiger partial charge in [-0.1, -0.05) is 27.7 Å². The maximum Gasteiger partial charge on any atom is 0.0270 e. The summed E-state index contributed by atoms with van der Waals surface area (Å²) in [6.07, 6.45) is 6.21. The van der Waals surface area contributed by atoms with Gasteiger partial charge in [-0.2, -0.15) is 0 Å². The monoisotopic (exact) mass is 234 g/mol. The zero-order chi connectivity index (χ0) is 12.9. The number of likely N-dealkylation sites (N-methyl/N-ethyl adjacent to an activating group) is 1. The van der Waals surface area contributed by atoms with Crippen LogP contribution in [-0.4, -0.2) is 18.1 Å². The van der Waals surface area contributed by atoms with Gasteiger partial charge in [0.1, 0.15) is 0 Å². The molecule has 0 aliphatic rings. The van der Waals surface area contributed by atoms with Crippen molar-refractivity contribution in [3.63, 3.8) is 0 Å². The average Bonchev–Trinajstić information content (AvgIpc) is 2.29. The van der Waals surface area contributed by atoms with Gasteiger partial charge in [-0.3, -0.25) is 4.98 Å². The molecular weight excluding hydrogens is 208 g/mol. The molecule has 0 aliphatic carbocycles. The van der Waals surface area contributed by atoms with Crippen LogP contribution in [-0.2, 0) is 0 Å². The molecule has 0 spiro atoms. The van der Waals surface area contributed by atoms with E-state index in [4.69, 9.17) is 0 Å². The van der Waals surface area contributed by atoms with E-state index >= 15 is 0 Å². The van der Waals surface area contributed by atoms with E-state index in [2.05, 4.69) is 57.2 Å². The number of rotatable bonds is 5. The normalized spacial score (nSPS) is 15.6. The predicted octanol–water partition coefficient (Wildman–Crippen LogP) is 3.60. The summed E-state index contributed by atoms with van der Waals surface area (Å²) in [5.41, 5.74) is 1.78. The van der Waals surface area contributed by atoms with Crippen molar-refractivity contribution in [3.8, 4) is 0 Å². The van der Waals surface area contributed by atoms with Gasteiger partial charge in [0.25, 0.3) is 0 Å². The highest BCUT2D eigenvalue weighted by atomic mass is 14.9. The van der Waals surface area contributed by atoms with Gasteiger partial charge in [0.15, 0.2) is 0 Å². The first kappa shape index (κ1) is 14.2. The highest BCUT2D eigenvalue weighted by Gasteiger charge is 2.20. The fourth-order valence-corrected chi connectivity index (χ4v) is 2.13. The maximum atomic E-state index is 4.08. The highest BCUT2D eigenvalue weighted by molar-refractivity contribution is 5.17.